The molecule has 0 saturated carbocycles. The van der Waals surface area contributed by atoms with Crippen molar-refractivity contribution in [2.45, 2.75) is 26.7 Å². The summed E-state index contributed by atoms with van der Waals surface area (Å²) in [7, 11) is 0. The topological polar surface area (TPSA) is 26.0 Å². The van der Waals surface area contributed by atoms with E-state index in [1.165, 1.54) is 6.42 Å². The van der Waals surface area contributed by atoms with E-state index in [1.54, 1.807) is 6.20 Å². The number of hydrogen-bond donors (Lipinski definition) is 1. The number of allylic oxidation sites excluding steroid dienone is 1. The first kappa shape index (κ1) is 12.0. The van der Waals surface area contributed by atoms with Gasteiger partial charge in [0.2, 0.25) is 0 Å². The first-order chi connectivity index (χ1) is 3.81. The van der Waals surface area contributed by atoms with Gasteiger partial charge in [0.15, 0.2) is 0 Å². The van der Waals surface area contributed by atoms with E-state index in [2.05, 4.69) is 13.8 Å². The van der Waals surface area contributed by atoms with Gasteiger partial charge in [-0.3, -0.25) is 0 Å². The molecule has 0 spiro atoms. The Hall–Kier alpha value is 0.270. The van der Waals surface area contributed by atoms with Crippen LogP contribution in [0.15, 0.2) is 12.3 Å². The molecule has 1 nitrogen and oxygen atoms in total. The zero-order valence-electron chi connectivity index (χ0n) is 6.13. The number of halogens is 1. The molecule has 0 saturated heterocycles. The van der Waals surface area contributed by atoms with Crippen molar-refractivity contribution >= 4 is 24.0 Å². The standard InChI is InChI=1S/C7H15N.HI/c1-3-7(2)5-4-6-8;/h4,6-7H,3,5,8H2,1-2H3;1H/b6-4-;. The molecule has 0 aliphatic rings. The Labute approximate surface area is 74.7 Å². The van der Waals surface area contributed by atoms with E-state index in [9.17, 15) is 0 Å². The lowest BCUT2D eigenvalue weighted by atomic mass is 10.1. The molecule has 0 fully saturated rings. The van der Waals surface area contributed by atoms with Crippen molar-refractivity contribution in [3.05, 3.63) is 12.3 Å². The van der Waals surface area contributed by atoms with Crippen LogP contribution < -0.4 is 5.73 Å². The summed E-state index contributed by atoms with van der Waals surface area (Å²) in [6, 6.07) is 0. The molecule has 2 N–H and O–H groups in total. The van der Waals surface area contributed by atoms with E-state index in [-0.39, 0.29) is 24.0 Å². The Morgan fingerprint density at radius 3 is 2.44 bits per heavy atom. The van der Waals surface area contributed by atoms with Gasteiger partial charge in [-0.15, -0.1) is 24.0 Å². The second-order valence-electron chi connectivity index (χ2n) is 2.18. The van der Waals surface area contributed by atoms with Gasteiger partial charge in [-0.25, -0.2) is 0 Å². The maximum atomic E-state index is 5.15. The minimum Gasteiger partial charge on any atom is -0.405 e. The highest BCUT2D eigenvalue weighted by atomic mass is 127. The van der Waals surface area contributed by atoms with Crippen LogP contribution in [0.3, 0.4) is 0 Å². The Balaban J connectivity index is 0. The summed E-state index contributed by atoms with van der Waals surface area (Å²) >= 11 is 0. The fourth-order valence-electron chi connectivity index (χ4n) is 0.478. The van der Waals surface area contributed by atoms with Gasteiger partial charge >= 0.3 is 0 Å². The fraction of sp³-hybridized carbons (Fsp3) is 0.714. The molecule has 56 valence electrons. The molecule has 0 aromatic heterocycles. The van der Waals surface area contributed by atoms with Crippen molar-refractivity contribution in [2.75, 3.05) is 0 Å². The average Bonchev–Trinajstić information content (AvgIpc) is 1.83. The van der Waals surface area contributed by atoms with Crippen LogP contribution in [-0.4, -0.2) is 0 Å². The Bertz CT molecular complexity index is 71.3. The van der Waals surface area contributed by atoms with Crippen LogP contribution in [0.25, 0.3) is 0 Å². The zero-order chi connectivity index (χ0) is 6.41. The second kappa shape index (κ2) is 8.27. The first-order valence-electron chi connectivity index (χ1n) is 3.18. The van der Waals surface area contributed by atoms with E-state index in [0.29, 0.717) is 0 Å². The minimum absolute atomic E-state index is 0. The van der Waals surface area contributed by atoms with E-state index in [0.717, 1.165) is 12.3 Å². The normalized spacial score (nSPS) is 13.1. The van der Waals surface area contributed by atoms with Crippen LogP contribution in [0.2, 0.25) is 0 Å². The van der Waals surface area contributed by atoms with Crippen LogP contribution in [0.5, 0.6) is 0 Å². The predicted octanol–water partition coefficient (Wildman–Crippen LogP) is 2.51. The van der Waals surface area contributed by atoms with Crippen LogP contribution in [0.1, 0.15) is 26.7 Å². The number of hydrogen-bond acceptors (Lipinski definition) is 1. The summed E-state index contributed by atoms with van der Waals surface area (Å²) in [5.41, 5.74) is 5.15. The molecular formula is C7H16IN. The van der Waals surface area contributed by atoms with Crippen molar-refractivity contribution < 1.29 is 0 Å². The van der Waals surface area contributed by atoms with Crippen LogP contribution in [0.4, 0.5) is 0 Å². The van der Waals surface area contributed by atoms with Crippen molar-refractivity contribution in [1.29, 1.82) is 0 Å². The third-order valence-corrected chi connectivity index (χ3v) is 1.37. The van der Waals surface area contributed by atoms with Crippen molar-refractivity contribution in [3.8, 4) is 0 Å². The Morgan fingerprint density at radius 1 is 1.56 bits per heavy atom. The second-order valence-corrected chi connectivity index (χ2v) is 2.18. The molecule has 2 heteroatoms. The molecule has 0 rings (SSSR count). The molecule has 0 heterocycles. The van der Waals surface area contributed by atoms with Gasteiger partial charge in [-0.05, 0) is 18.5 Å². The molecule has 0 aliphatic carbocycles. The molecule has 1 atom stereocenters. The lowest BCUT2D eigenvalue weighted by Crippen LogP contribution is -1.88. The van der Waals surface area contributed by atoms with Crippen molar-refractivity contribution in [3.63, 3.8) is 0 Å². The lowest BCUT2D eigenvalue weighted by molar-refractivity contribution is 0.571. The summed E-state index contributed by atoms with van der Waals surface area (Å²) in [6.45, 7) is 4.41. The van der Waals surface area contributed by atoms with Crippen LogP contribution >= 0.6 is 24.0 Å². The van der Waals surface area contributed by atoms with E-state index < -0.39 is 0 Å². The minimum atomic E-state index is 0. The van der Waals surface area contributed by atoms with Crippen LogP contribution in [-0.2, 0) is 0 Å². The monoisotopic (exact) mass is 241 g/mol. The van der Waals surface area contributed by atoms with Crippen molar-refractivity contribution in [2.24, 2.45) is 11.7 Å². The molecule has 0 aromatic rings. The van der Waals surface area contributed by atoms with Gasteiger partial charge in [0, 0.05) is 0 Å². The molecule has 0 bridgehead atoms. The predicted molar refractivity (Wildman–Crippen MR) is 52.8 cm³/mol. The Kier molecular flexibility index (Phi) is 11.0. The van der Waals surface area contributed by atoms with Gasteiger partial charge in [0.1, 0.15) is 0 Å². The molecule has 0 radical (unpaired) electrons. The SMILES string of the molecule is CCC(C)C/C=C\N.I. The summed E-state index contributed by atoms with van der Waals surface area (Å²) in [6.07, 6.45) is 5.98. The molecule has 9 heavy (non-hydrogen) atoms. The molecular weight excluding hydrogens is 225 g/mol. The average molecular weight is 241 g/mol. The van der Waals surface area contributed by atoms with Crippen molar-refractivity contribution in [1.82, 2.24) is 0 Å². The van der Waals surface area contributed by atoms with Gasteiger partial charge in [-0.1, -0.05) is 26.3 Å². The van der Waals surface area contributed by atoms with E-state index in [4.69, 9.17) is 5.73 Å². The molecule has 0 aromatic carbocycles. The number of nitrogens with two attached hydrogens (primary N) is 1. The summed E-state index contributed by atoms with van der Waals surface area (Å²) in [4.78, 5) is 0. The largest absolute Gasteiger partial charge is 0.405 e. The van der Waals surface area contributed by atoms with Gasteiger partial charge in [-0.2, -0.15) is 0 Å². The summed E-state index contributed by atoms with van der Waals surface area (Å²) in [5, 5.41) is 0. The summed E-state index contributed by atoms with van der Waals surface area (Å²) < 4.78 is 0. The summed E-state index contributed by atoms with van der Waals surface area (Å²) in [5.74, 6) is 0.787. The van der Waals surface area contributed by atoms with Crippen LogP contribution in [0, 0.1) is 5.92 Å². The fourth-order valence-corrected chi connectivity index (χ4v) is 0.478. The quantitative estimate of drug-likeness (QED) is 0.755. The molecule has 0 amide bonds. The Morgan fingerprint density at radius 2 is 2.11 bits per heavy atom. The van der Waals surface area contributed by atoms with E-state index >= 15 is 0 Å². The molecule has 0 aliphatic heterocycles. The number of rotatable bonds is 3. The van der Waals surface area contributed by atoms with Gasteiger partial charge in [0.25, 0.3) is 0 Å². The first-order valence-corrected chi connectivity index (χ1v) is 3.18. The molecule has 1 unspecified atom stereocenters. The maximum Gasteiger partial charge on any atom is -0.0103 e. The smallest absolute Gasteiger partial charge is 0.0103 e. The highest BCUT2D eigenvalue weighted by molar-refractivity contribution is 14.0. The maximum absolute atomic E-state index is 5.15. The van der Waals surface area contributed by atoms with E-state index in [1.807, 2.05) is 6.08 Å². The van der Waals surface area contributed by atoms with Gasteiger partial charge < -0.3 is 5.73 Å². The lowest BCUT2D eigenvalue weighted by Gasteiger charge is -2.00. The zero-order valence-corrected chi connectivity index (χ0v) is 8.46. The van der Waals surface area contributed by atoms with Gasteiger partial charge in [0.05, 0.1) is 0 Å². The highest BCUT2D eigenvalue weighted by Gasteiger charge is 1.91. The highest BCUT2D eigenvalue weighted by Crippen LogP contribution is 2.05. The third kappa shape index (κ3) is 8.27. The third-order valence-electron chi connectivity index (χ3n) is 1.37.